The van der Waals surface area contributed by atoms with Crippen molar-refractivity contribution in [2.24, 2.45) is 0 Å². The Morgan fingerprint density at radius 1 is 1.38 bits per heavy atom. The van der Waals surface area contributed by atoms with Crippen LogP contribution in [-0.2, 0) is 9.84 Å². The van der Waals surface area contributed by atoms with E-state index in [1.165, 1.54) is 25.1 Å². The fourth-order valence-corrected chi connectivity index (χ4v) is 2.79. The highest BCUT2D eigenvalue weighted by molar-refractivity contribution is 7.90. The van der Waals surface area contributed by atoms with Gasteiger partial charge < -0.3 is 15.7 Å². The first-order valence-electron chi connectivity index (χ1n) is 5.86. The number of carbonyl (C=O) groups is 2. The van der Waals surface area contributed by atoms with Crippen molar-refractivity contribution in [3.05, 3.63) is 28.8 Å². The Balaban J connectivity index is 2.75. The summed E-state index contributed by atoms with van der Waals surface area (Å²) in [5, 5.41) is 13.8. The number of hydrogen-bond acceptors (Lipinski definition) is 4. The van der Waals surface area contributed by atoms with Gasteiger partial charge in [0.25, 0.3) is 0 Å². The minimum absolute atomic E-state index is 0.0288. The number of halogens is 1. The van der Waals surface area contributed by atoms with Crippen LogP contribution in [0.25, 0.3) is 0 Å². The summed E-state index contributed by atoms with van der Waals surface area (Å²) in [4.78, 5) is 22.6. The fraction of sp³-hybridized carbons (Fsp3) is 0.333. The second-order valence-corrected chi connectivity index (χ2v) is 7.18. The number of hydrogen-bond donors (Lipinski definition) is 3. The van der Waals surface area contributed by atoms with Crippen LogP contribution in [0.5, 0.6) is 0 Å². The molecule has 0 bridgehead atoms. The van der Waals surface area contributed by atoms with Gasteiger partial charge in [-0.25, -0.2) is 18.0 Å². The normalized spacial score (nSPS) is 12.5. The molecule has 1 aromatic carbocycles. The average Bonchev–Trinajstić information content (AvgIpc) is 2.28. The molecule has 0 aromatic heterocycles. The van der Waals surface area contributed by atoms with Gasteiger partial charge in [-0.3, -0.25) is 0 Å². The third-order valence-electron chi connectivity index (χ3n) is 2.39. The Morgan fingerprint density at radius 3 is 2.52 bits per heavy atom. The second-order valence-electron chi connectivity index (χ2n) is 4.59. The van der Waals surface area contributed by atoms with Gasteiger partial charge in [0.15, 0.2) is 0 Å². The van der Waals surface area contributed by atoms with Crippen molar-refractivity contribution in [3.63, 3.8) is 0 Å². The number of nitrogens with one attached hydrogen (secondary N) is 2. The molecule has 0 fully saturated rings. The third-order valence-corrected chi connectivity index (χ3v) is 3.83. The summed E-state index contributed by atoms with van der Waals surface area (Å²) >= 11 is 5.86. The number of urea groups is 1. The molecular weight excluding hydrogens is 320 g/mol. The number of benzene rings is 1. The van der Waals surface area contributed by atoms with Crippen molar-refractivity contribution in [2.75, 3.05) is 17.3 Å². The molecule has 1 aromatic rings. The molecule has 0 saturated heterocycles. The topological polar surface area (TPSA) is 113 Å². The highest BCUT2D eigenvalue weighted by Gasteiger charge is 2.15. The van der Waals surface area contributed by atoms with Crippen molar-refractivity contribution in [2.45, 2.75) is 13.0 Å². The third kappa shape index (κ3) is 6.01. The van der Waals surface area contributed by atoms with Crippen molar-refractivity contribution in [1.82, 2.24) is 5.32 Å². The van der Waals surface area contributed by atoms with Gasteiger partial charge in [-0.05, 0) is 25.1 Å². The van der Waals surface area contributed by atoms with Crippen LogP contribution in [0.4, 0.5) is 10.5 Å². The number of sulfone groups is 1. The minimum Gasteiger partial charge on any atom is -0.478 e. The summed E-state index contributed by atoms with van der Waals surface area (Å²) in [5.41, 5.74) is 0.0968. The lowest BCUT2D eigenvalue weighted by Gasteiger charge is -2.14. The van der Waals surface area contributed by atoms with Gasteiger partial charge in [0.1, 0.15) is 9.84 Å². The zero-order chi connectivity index (χ0) is 16.2. The summed E-state index contributed by atoms with van der Waals surface area (Å²) in [6, 6.07) is 2.60. The zero-order valence-electron chi connectivity index (χ0n) is 11.4. The van der Waals surface area contributed by atoms with E-state index in [9.17, 15) is 18.0 Å². The predicted molar refractivity (Wildman–Crippen MR) is 79.7 cm³/mol. The lowest BCUT2D eigenvalue weighted by atomic mass is 10.2. The monoisotopic (exact) mass is 334 g/mol. The van der Waals surface area contributed by atoms with Gasteiger partial charge in [-0.2, -0.15) is 0 Å². The molecule has 0 saturated carbocycles. The first-order valence-corrected chi connectivity index (χ1v) is 8.30. The van der Waals surface area contributed by atoms with Crippen LogP contribution in [0.2, 0.25) is 5.02 Å². The maximum atomic E-state index is 11.7. The van der Waals surface area contributed by atoms with Crippen LogP contribution in [-0.4, -0.2) is 43.6 Å². The molecule has 0 radical (unpaired) electrons. The van der Waals surface area contributed by atoms with Gasteiger partial charge in [-0.1, -0.05) is 11.6 Å². The van der Waals surface area contributed by atoms with E-state index in [-0.39, 0.29) is 22.0 Å². The molecule has 116 valence electrons. The largest absolute Gasteiger partial charge is 0.478 e. The van der Waals surface area contributed by atoms with Gasteiger partial charge >= 0.3 is 12.0 Å². The summed E-state index contributed by atoms with van der Waals surface area (Å²) in [6.45, 7) is 1.54. The Morgan fingerprint density at radius 2 is 2.00 bits per heavy atom. The maximum absolute atomic E-state index is 11.7. The lowest BCUT2D eigenvalue weighted by molar-refractivity contribution is 0.0697. The molecule has 1 unspecified atom stereocenters. The molecule has 2 amide bonds. The number of carbonyl (C=O) groups excluding carboxylic acids is 1. The molecule has 0 heterocycles. The summed E-state index contributed by atoms with van der Waals surface area (Å²) < 4.78 is 22.2. The van der Waals surface area contributed by atoms with Crippen LogP contribution < -0.4 is 10.6 Å². The van der Waals surface area contributed by atoms with Gasteiger partial charge in [-0.15, -0.1) is 0 Å². The van der Waals surface area contributed by atoms with Crippen LogP contribution in [0.15, 0.2) is 18.2 Å². The van der Waals surface area contributed by atoms with Gasteiger partial charge in [0.2, 0.25) is 0 Å². The van der Waals surface area contributed by atoms with E-state index in [1.54, 1.807) is 0 Å². The Bertz CT molecular complexity index is 660. The molecule has 1 atom stereocenters. The van der Waals surface area contributed by atoms with Crippen molar-refractivity contribution < 1.29 is 23.1 Å². The number of anilines is 1. The predicted octanol–water partition coefficient (Wildman–Crippen LogP) is 1.59. The van der Waals surface area contributed by atoms with Crippen LogP contribution in [0, 0.1) is 0 Å². The van der Waals surface area contributed by atoms with Crippen LogP contribution in [0.3, 0.4) is 0 Å². The van der Waals surface area contributed by atoms with Gasteiger partial charge in [0.05, 0.1) is 22.0 Å². The van der Waals surface area contributed by atoms with E-state index in [2.05, 4.69) is 10.6 Å². The quantitative estimate of drug-likeness (QED) is 0.757. The molecular formula is C12H15ClN2O5S. The Hall–Kier alpha value is -1.80. The zero-order valence-corrected chi connectivity index (χ0v) is 13.0. The molecule has 9 heteroatoms. The number of carboxylic acids is 1. The molecule has 1 rings (SSSR count). The van der Waals surface area contributed by atoms with Crippen molar-refractivity contribution >= 4 is 39.1 Å². The SMILES string of the molecule is CC(CS(C)(=O)=O)NC(=O)Nc1cc(C(=O)O)ccc1Cl. The molecule has 0 aliphatic rings. The number of amides is 2. The van der Waals surface area contributed by atoms with E-state index in [0.717, 1.165) is 6.26 Å². The molecule has 21 heavy (non-hydrogen) atoms. The van der Waals surface area contributed by atoms with Crippen LogP contribution in [0.1, 0.15) is 17.3 Å². The molecule has 0 aliphatic carbocycles. The first-order chi connectivity index (χ1) is 9.58. The van der Waals surface area contributed by atoms with Gasteiger partial charge in [0, 0.05) is 12.3 Å². The van der Waals surface area contributed by atoms with E-state index in [0.29, 0.717) is 0 Å². The first kappa shape index (κ1) is 17.3. The summed E-state index contributed by atoms with van der Waals surface area (Å²) in [6.07, 6.45) is 1.07. The fourth-order valence-electron chi connectivity index (χ4n) is 1.63. The highest BCUT2D eigenvalue weighted by atomic mass is 35.5. The van der Waals surface area contributed by atoms with E-state index in [4.69, 9.17) is 16.7 Å². The average molecular weight is 335 g/mol. The number of rotatable bonds is 5. The number of carboxylic acid groups (broad SMARTS) is 1. The van der Waals surface area contributed by atoms with E-state index < -0.39 is 27.9 Å². The van der Waals surface area contributed by atoms with E-state index >= 15 is 0 Å². The smallest absolute Gasteiger partial charge is 0.335 e. The van der Waals surface area contributed by atoms with Crippen molar-refractivity contribution in [1.29, 1.82) is 0 Å². The maximum Gasteiger partial charge on any atom is 0.335 e. The van der Waals surface area contributed by atoms with Crippen LogP contribution >= 0.6 is 11.6 Å². The van der Waals surface area contributed by atoms with E-state index in [1.807, 2.05) is 0 Å². The molecule has 0 aliphatic heterocycles. The number of aromatic carboxylic acids is 1. The molecule has 7 nitrogen and oxygen atoms in total. The molecule has 3 N–H and O–H groups in total. The summed E-state index contributed by atoms with van der Waals surface area (Å²) in [7, 11) is -3.21. The Kier molecular flexibility index (Phi) is 5.56. The minimum atomic E-state index is -3.21. The molecule has 0 spiro atoms. The summed E-state index contributed by atoms with van der Waals surface area (Å²) in [5.74, 6) is -1.36. The second kappa shape index (κ2) is 6.77. The standard InChI is InChI=1S/C12H15ClN2O5S/c1-7(6-21(2,19)20)14-12(18)15-10-5-8(11(16)17)3-4-9(10)13/h3-5,7H,6H2,1-2H3,(H,16,17)(H2,14,15,18). The highest BCUT2D eigenvalue weighted by Crippen LogP contribution is 2.23. The Labute approximate surface area is 127 Å². The van der Waals surface area contributed by atoms with Crippen molar-refractivity contribution in [3.8, 4) is 0 Å². The lowest BCUT2D eigenvalue weighted by Crippen LogP contribution is -2.40.